The van der Waals surface area contributed by atoms with Crippen LogP contribution in [0.25, 0.3) is 10.8 Å². The van der Waals surface area contributed by atoms with Gasteiger partial charge < -0.3 is 15.6 Å². The number of hydrogen-bond acceptors (Lipinski definition) is 4. The molecule has 0 aromatic heterocycles. The minimum absolute atomic E-state index is 0.221. The Morgan fingerprint density at radius 2 is 2.00 bits per heavy atom. The van der Waals surface area contributed by atoms with E-state index in [4.69, 9.17) is 10.5 Å². The van der Waals surface area contributed by atoms with Crippen molar-refractivity contribution >= 4 is 22.7 Å². The van der Waals surface area contributed by atoms with Crippen LogP contribution in [0.15, 0.2) is 36.4 Å². The average Bonchev–Trinajstić information content (AvgIpc) is 2.46. The summed E-state index contributed by atoms with van der Waals surface area (Å²) in [5, 5.41) is 13.3. The fraction of sp³-hybridized carbons (Fsp3) is 0.200. The first kappa shape index (κ1) is 14.8. The monoisotopic (exact) mass is 288 g/mol. The zero-order chi connectivity index (χ0) is 15.4. The molecule has 110 valence electrons. The number of rotatable bonds is 4. The van der Waals surface area contributed by atoms with Crippen molar-refractivity contribution in [3.63, 3.8) is 0 Å². The Morgan fingerprint density at radius 1 is 1.29 bits per heavy atom. The number of fused-ring (bicyclic) bond motifs is 1. The van der Waals surface area contributed by atoms with Gasteiger partial charge in [0.2, 0.25) is 0 Å². The first-order valence-electron chi connectivity index (χ1n) is 6.41. The molecule has 0 spiro atoms. The lowest BCUT2D eigenvalue weighted by atomic mass is 10.0. The molecule has 1 atom stereocenters. The number of carbonyl (C=O) groups excluding carboxylic acids is 2. The summed E-state index contributed by atoms with van der Waals surface area (Å²) < 4.78 is 5.53. The summed E-state index contributed by atoms with van der Waals surface area (Å²) >= 11 is 0. The van der Waals surface area contributed by atoms with Crippen molar-refractivity contribution in [1.82, 2.24) is 5.32 Å². The second-order valence-electron chi connectivity index (χ2n) is 4.54. The van der Waals surface area contributed by atoms with Gasteiger partial charge in [-0.05, 0) is 23.8 Å². The number of nitrogens with one attached hydrogen (secondary N) is 1. The second kappa shape index (κ2) is 6.23. The summed E-state index contributed by atoms with van der Waals surface area (Å²) in [6.45, 7) is 1.27. The summed E-state index contributed by atoms with van der Waals surface area (Å²) in [4.78, 5) is 22.3. The van der Waals surface area contributed by atoms with Gasteiger partial charge in [0.25, 0.3) is 5.91 Å². The van der Waals surface area contributed by atoms with Gasteiger partial charge in [-0.3, -0.25) is 10.1 Å². The Hall–Kier alpha value is -2.60. The average molecular weight is 288 g/mol. The number of primary amides is 1. The number of carbonyl (C=O) groups is 2. The van der Waals surface area contributed by atoms with Crippen molar-refractivity contribution < 1.29 is 19.4 Å². The zero-order valence-corrected chi connectivity index (χ0v) is 11.5. The molecule has 0 bridgehead atoms. The Labute approximate surface area is 121 Å². The highest BCUT2D eigenvalue weighted by molar-refractivity contribution is 5.96. The maximum absolute atomic E-state index is 11.6. The fourth-order valence-corrected chi connectivity index (χ4v) is 2.06. The molecule has 0 heterocycles. The number of nitrogens with two attached hydrogens (primary N) is 1. The molecule has 0 aliphatic heterocycles. The van der Waals surface area contributed by atoms with Gasteiger partial charge in [0.05, 0.1) is 6.61 Å². The van der Waals surface area contributed by atoms with E-state index in [1.807, 2.05) is 35.6 Å². The van der Waals surface area contributed by atoms with Crippen LogP contribution in [0.5, 0.6) is 5.75 Å². The van der Waals surface area contributed by atoms with Gasteiger partial charge in [0.1, 0.15) is 5.75 Å². The molecule has 3 amide bonds. The van der Waals surface area contributed by atoms with Crippen molar-refractivity contribution in [3.05, 3.63) is 42.0 Å². The smallest absolute Gasteiger partial charge is 0.318 e. The van der Waals surface area contributed by atoms with E-state index in [9.17, 15) is 14.7 Å². The van der Waals surface area contributed by atoms with Crippen LogP contribution in [0.1, 0.15) is 12.5 Å². The van der Waals surface area contributed by atoms with Gasteiger partial charge in [0.15, 0.2) is 6.10 Å². The number of ether oxygens (including phenoxy) is 1. The van der Waals surface area contributed by atoms with Crippen LogP contribution in [-0.2, 0) is 11.4 Å². The van der Waals surface area contributed by atoms with E-state index in [2.05, 4.69) is 0 Å². The van der Waals surface area contributed by atoms with E-state index in [-0.39, 0.29) is 6.61 Å². The number of benzene rings is 2. The Kier molecular flexibility index (Phi) is 4.39. The second-order valence-corrected chi connectivity index (χ2v) is 4.54. The largest absolute Gasteiger partial charge is 0.480 e. The standard InChI is InChI=1S/C15H16N2O4/c1-9(14(19)17-15(16)20)21-13-7-6-10-4-2-3-5-11(10)12(13)8-18/h2-7,9,18H,8H2,1H3,(H3,16,17,19,20). The molecular weight excluding hydrogens is 272 g/mol. The summed E-state index contributed by atoms with van der Waals surface area (Å²) in [5.74, 6) is -0.247. The fourth-order valence-electron chi connectivity index (χ4n) is 2.06. The van der Waals surface area contributed by atoms with Gasteiger partial charge >= 0.3 is 6.03 Å². The van der Waals surface area contributed by atoms with E-state index in [1.165, 1.54) is 6.92 Å². The number of hydrogen-bond donors (Lipinski definition) is 3. The molecule has 0 saturated heterocycles. The van der Waals surface area contributed by atoms with Gasteiger partial charge in [-0.2, -0.15) is 0 Å². The van der Waals surface area contributed by atoms with Crippen LogP contribution >= 0.6 is 0 Å². The van der Waals surface area contributed by atoms with Gasteiger partial charge in [-0.1, -0.05) is 30.3 Å². The number of aliphatic hydroxyl groups excluding tert-OH is 1. The molecule has 2 aromatic rings. The molecule has 6 heteroatoms. The van der Waals surface area contributed by atoms with Crippen molar-refractivity contribution in [1.29, 1.82) is 0 Å². The minimum atomic E-state index is -0.934. The lowest BCUT2D eigenvalue weighted by molar-refractivity contribution is -0.126. The van der Waals surface area contributed by atoms with Crippen LogP contribution in [0.3, 0.4) is 0 Å². The van der Waals surface area contributed by atoms with Crippen molar-refractivity contribution in [2.24, 2.45) is 5.73 Å². The van der Waals surface area contributed by atoms with Crippen LogP contribution in [-0.4, -0.2) is 23.1 Å². The quantitative estimate of drug-likeness (QED) is 0.789. The molecular formula is C15H16N2O4. The number of amides is 3. The lowest BCUT2D eigenvalue weighted by Gasteiger charge is -2.17. The molecule has 2 rings (SSSR count). The summed E-state index contributed by atoms with van der Waals surface area (Å²) in [6.07, 6.45) is -0.913. The molecule has 0 aliphatic rings. The summed E-state index contributed by atoms with van der Waals surface area (Å²) in [6, 6.07) is 10.1. The molecule has 6 nitrogen and oxygen atoms in total. The lowest BCUT2D eigenvalue weighted by Crippen LogP contribution is -2.42. The highest BCUT2D eigenvalue weighted by Gasteiger charge is 2.18. The van der Waals surface area contributed by atoms with E-state index < -0.39 is 18.0 Å². The van der Waals surface area contributed by atoms with Crippen LogP contribution in [0, 0.1) is 0 Å². The van der Waals surface area contributed by atoms with Gasteiger partial charge in [0, 0.05) is 5.56 Å². The van der Waals surface area contributed by atoms with Crippen molar-refractivity contribution in [3.8, 4) is 5.75 Å². The SMILES string of the molecule is CC(Oc1ccc2ccccc2c1CO)C(=O)NC(N)=O. The maximum atomic E-state index is 11.6. The molecule has 0 fully saturated rings. The summed E-state index contributed by atoms with van der Waals surface area (Å²) in [5.41, 5.74) is 5.48. The topological polar surface area (TPSA) is 102 Å². The van der Waals surface area contributed by atoms with Gasteiger partial charge in [-0.25, -0.2) is 4.79 Å². The highest BCUT2D eigenvalue weighted by atomic mass is 16.5. The molecule has 21 heavy (non-hydrogen) atoms. The molecule has 0 saturated carbocycles. The number of urea groups is 1. The normalized spacial score (nSPS) is 11.9. The third kappa shape index (κ3) is 3.29. The number of imide groups is 1. The van der Waals surface area contributed by atoms with Crippen LogP contribution in [0.2, 0.25) is 0 Å². The Morgan fingerprint density at radius 3 is 2.67 bits per heavy atom. The summed E-state index contributed by atoms with van der Waals surface area (Å²) in [7, 11) is 0. The van der Waals surface area contributed by atoms with Crippen molar-refractivity contribution in [2.75, 3.05) is 0 Å². The Balaban J connectivity index is 2.30. The molecule has 4 N–H and O–H groups in total. The van der Waals surface area contributed by atoms with E-state index in [0.29, 0.717) is 11.3 Å². The van der Waals surface area contributed by atoms with E-state index >= 15 is 0 Å². The first-order chi connectivity index (χ1) is 10.0. The maximum Gasteiger partial charge on any atom is 0.318 e. The first-order valence-corrected chi connectivity index (χ1v) is 6.41. The van der Waals surface area contributed by atoms with E-state index in [1.54, 1.807) is 6.07 Å². The predicted octanol–water partition coefficient (Wildman–Crippen LogP) is 1.29. The van der Waals surface area contributed by atoms with E-state index in [0.717, 1.165) is 10.8 Å². The van der Waals surface area contributed by atoms with Crippen LogP contribution in [0.4, 0.5) is 4.79 Å². The third-order valence-corrected chi connectivity index (χ3v) is 3.08. The Bertz CT molecular complexity index is 684. The molecule has 0 radical (unpaired) electrons. The molecule has 1 unspecified atom stereocenters. The third-order valence-electron chi connectivity index (χ3n) is 3.08. The molecule has 0 aliphatic carbocycles. The predicted molar refractivity (Wildman–Crippen MR) is 77.7 cm³/mol. The van der Waals surface area contributed by atoms with Gasteiger partial charge in [-0.15, -0.1) is 0 Å². The minimum Gasteiger partial charge on any atom is -0.480 e. The zero-order valence-electron chi connectivity index (χ0n) is 11.5. The molecule has 2 aromatic carbocycles. The van der Waals surface area contributed by atoms with Crippen molar-refractivity contribution in [2.45, 2.75) is 19.6 Å². The highest BCUT2D eigenvalue weighted by Crippen LogP contribution is 2.28. The number of aliphatic hydroxyl groups is 1. The van der Waals surface area contributed by atoms with Crippen LogP contribution < -0.4 is 15.8 Å².